The van der Waals surface area contributed by atoms with Gasteiger partial charge in [-0.2, -0.15) is 0 Å². The Kier molecular flexibility index (Phi) is 8.10. The van der Waals surface area contributed by atoms with Gasteiger partial charge in [0.05, 0.1) is 0 Å². The molecule has 9 N–H and O–H groups in total. The lowest BCUT2D eigenvalue weighted by Crippen LogP contribution is -2.61. The summed E-state index contributed by atoms with van der Waals surface area (Å²) < 4.78 is 26.1. The first kappa shape index (κ1) is 24.6. The molecule has 0 radical (unpaired) electrons. The maximum atomic E-state index is 13.0. The summed E-state index contributed by atoms with van der Waals surface area (Å²) in [6.07, 6.45) is -3.36. The van der Waals surface area contributed by atoms with Crippen LogP contribution in [0.3, 0.4) is 0 Å². The number of nitrogens with one attached hydrogen (secondary N) is 3. The van der Waals surface area contributed by atoms with Crippen molar-refractivity contribution in [3.63, 3.8) is 0 Å². The molecule has 2 amide bonds. The number of amidine groups is 1. The fourth-order valence-electron chi connectivity index (χ4n) is 2.54. The molecule has 0 heterocycles. The van der Waals surface area contributed by atoms with Gasteiger partial charge in [-0.25, -0.2) is 14.3 Å². The van der Waals surface area contributed by atoms with Crippen LogP contribution in [0.4, 0.5) is 8.78 Å². The van der Waals surface area contributed by atoms with Gasteiger partial charge in [-0.05, 0) is 30.2 Å². The number of aliphatic hydroxyl groups is 1. The third kappa shape index (κ3) is 5.35. The standard InChI is InChI=1S/C19H20F2N4O4.H2O/c1-19(28,18(20)21)14(17(27)25-29)24-16(26)13-8-4-11(5-9-13)10-2-6-12(7-3-10)15(22)23;/h2-9,14,18,28-29H,1H3,(H3,22,23)(H,24,26)(H,25,27);1H2/t14-,19+;/m1./s1. The van der Waals surface area contributed by atoms with E-state index in [2.05, 4.69) is 0 Å². The van der Waals surface area contributed by atoms with Crippen LogP contribution in [0.25, 0.3) is 11.1 Å². The van der Waals surface area contributed by atoms with Gasteiger partial charge in [-0.1, -0.05) is 36.4 Å². The zero-order valence-corrected chi connectivity index (χ0v) is 15.8. The number of alkyl halides is 2. The van der Waals surface area contributed by atoms with Gasteiger partial charge >= 0.3 is 0 Å². The van der Waals surface area contributed by atoms with Crippen molar-refractivity contribution in [2.24, 2.45) is 5.73 Å². The normalized spacial score (nSPS) is 13.5. The zero-order chi connectivity index (χ0) is 21.8. The number of hydrogen-bond donors (Lipinski definition) is 6. The van der Waals surface area contributed by atoms with Crippen molar-refractivity contribution >= 4 is 17.6 Å². The molecule has 0 aliphatic heterocycles. The summed E-state index contributed by atoms with van der Waals surface area (Å²) in [6, 6.07) is 10.8. The summed E-state index contributed by atoms with van der Waals surface area (Å²) in [5.74, 6) is -2.34. The summed E-state index contributed by atoms with van der Waals surface area (Å²) in [7, 11) is 0. The minimum absolute atomic E-state index is 0. The fourth-order valence-corrected chi connectivity index (χ4v) is 2.54. The molecule has 0 saturated heterocycles. The Morgan fingerprint density at radius 1 is 1.03 bits per heavy atom. The van der Waals surface area contributed by atoms with Crippen LogP contribution >= 0.6 is 0 Å². The average molecular weight is 424 g/mol. The van der Waals surface area contributed by atoms with E-state index in [0.717, 1.165) is 16.6 Å². The van der Waals surface area contributed by atoms with Crippen molar-refractivity contribution < 1.29 is 34.2 Å². The topological polar surface area (TPSA) is 180 Å². The van der Waals surface area contributed by atoms with E-state index in [0.29, 0.717) is 12.5 Å². The Hall–Kier alpha value is -3.41. The molecule has 2 atom stereocenters. The quantitative estimate of drug-likeness (QED) is 0.163. The predicted octanol–water partition coefficient (Wildman–Crippen LogP) is 0.433. The molecular formula is C19H22F2N4O5. The van der Waals surface area contributed by atoms with E-state index in [1.54, 1.807) is 36.4 Å². The first-order valence-corrected chi connectivity index (χ1v) is 8.38. The predicted molar refractivity (Wildman–Crippen MR) is 104 cm³/mol. The van der Waals surface area contributed by atoms with Gasteiger partial charge in [-0.3, -0.25) is 20.2 Å². The Balaban J connectivity index is 0.00000450. The number of halogens is 2. The molecule has 9 nitrogen and oxygen atoms in total. The van der Waals surface area contributed by atoms with Crippen LogP contribution in [0.1, 0.15) is 22.8 Å². The van der Waals surface area contributed by atoms with Crippen LogP contribution < -0.4 is 16.5 Å². The third-order valence-corrected chi connectivity index (χ3v) is 4.35. The molecule has 0 bridgehead atoms. The van der Waals surface area contributed by atoms with E-state index in [1.807, 2.05) is 5.32 Å². The molecule has 0 saturated carbocycles. The van der Waals surface area contributed by atoms with Crippen LogP contribution in [-0.4, -0.2) is 51.5 Å². The number of rotatable bonds is 7. The number of carbonyl (C=O) groups is 2. The molecule has 2 rings (SSSR count). The van der Waals surface area contributed by atoms with Crippen LogP contribution in [-0.2, 0) is 4.79 Å². The van der Waals surface area contributed by atoms with Gasteiger partial charge in [0.15, 0.2) is 5.60 Å². The summed E-state index contributed by atoms with van der Waals surface area (Å²) in [5, 5.41) is 28.0. The Labute approximate surface area is 170 Å². The second-order valence-electron chi connectivity index (χ2n) is 6.48. The molecule has 0 aliphatic rings. The summed E-state index contributed by atoms with van der Waals surface area (Å²) in [4.78, 5) is 24.0. The van der Waals surface area contributed by atoms with Gasteiger partial charge in [0, 0.05) is 11.1 Å². The lowest BCUT2D eigenvalue weighted by atomic mass is 9.95. The average Bonchev–Trinajstić information content (AvgIpc) is 2.71. The largest absolute Gasteiger partial charge is 0.412 e. The van der Waals surface area contributed by atoms with Crippen LogP contribution in [0.2, 0.25) is 0 Å². The highest BCUT2D eigenvalue weighted by Gasteiger charge is 2.46. The molecule has 0 aromatic heterocycles. The number of hydrogen-bond acceptors (Lipinski definition) is 5. The van der Waals surface area contributed by atoms with E-state index in [9.17, 15) is 23.5 Å². The Morgan fingerprint density at radius 3 is 1.83 bits per heavy atom. The van der Waals surface area contributed by atoms with E-state index in [4.69, 9.17) is 16.4 Å². The Morgan fingerprint density at radius 2 is 1.47 bits per heavy atom. The lowest BCUT2D eigenvalue weighted by Gasteiger charge is -2.30. The van der Waals surface area contributed by atoms with E-state index in [1.165, 1.54) is 12.1 Å². The third-order valence-electron chi connectivity index (χ3n) is 4.35. The SMILES string of the molecule is C[C@@](O)(C(F)F)[C@H](NC(=O)c1ccc(-c2ccc(C(=N)N)cc2)cc1)C(=O)NO.O. The van der Waals surface area contributed by atoms with Crippen LogP contribution in [0.5, 0.6) is 0 Å². The molecule has 0 fully saturated rings. The number of nitrogen functional groups attached to an aromatic ring is 1. The first-order chi connectivity index (χ1) is 13.6. The van der Waals surface area contributed by atoms with E-state index in [-0.39, 0.29) is 16.9 Å². The number of carbonyl (C=O) groups excluding carboxylic acids is 2. The molecule has 0 spiro atoms. The summed E-state index contributed by atoms with van der Waals surface area (Å²) >= 11 is 0. The number of nitrogens with two attached hydrogens (primary N) is 1. The zero-order valence-electron chi connectivity index (χ0n) is 15.8. The van der Waals surface area contributed by atoms with Crippen molar-refractivity contribution in [3.05, 3.63) is 59.7 Å². The van der Waals surface area contributed by atoms with E-state index >= 15 is 0 Å². The molecular weight excluding hydrogens is 402 g/mol. The molecule has 30 heavy (non-hydrogen) atoms. The molecule has 2 aromatic carbocycles. The smallest absolute Gasteiger partial charge is 0.269 e. The van der Waals surface area contributed by atoms with Gasteiger partial charge in [0.2, 0.25) is 0 Å². The molecule has 162 valence electrons. The Bertz CT molecular complexity index is 902. The van der Waals surface area contributed by atoms with Gasteiger partial charge in [0.1, 0.15) is 11.9 Å². The highest BCUT2D eigenvalue weighted by Crippen LogP contribution is 2.22. The maximum Gasteiger partial charge on any atom is 0.269 e. The molecule has 0 aliphatic carbocycles. The number of benzene rings is 2. The summed E-state index contributed by atoms with van der Waals surface area (Å²) in [5.41, 5.74) is 5.80. The summed E-state index contributed by atoms with van der Waals surface area (Å²) in [6.45, 7) is 0.672. The second kappa shape index (κ2) is 9.87. The van der Waals surface area contributed by atoms with E-state index < -0.39 is 29.9 Å². The van der Waals surface area contributed by atoms with Gasteiger partial charge in [-0.15, -0.1) is 0 Å². The van der Waals surface area contributed by atoms with Crippen molar-refractivity contribution in [2.75, 3.05) is 0 Å². The van der Waals surface area contributed by atoms with Crippen molar-refractivity contribution in [1.29, 1.82) is 5.41 Å². The van der Waals surface area contributed by atoms with Crippen LogP contribution in [0, 0.1) is 5.41 Å². The maximum absolute atomic E-state index is 13.0. The number of hydroxylamine groups is 1. The highest BCUT2D eigenvalue weighted by atomic mass is 19.3. The van der Waals surface area contributed by atoms with Gasteiger partial charge < -0.3 is 21.6 Å². The van der Waals surface area contributed by atoms with Crippen molar-refractivity contribution in [2.45, 2.75) is 25.0 Å². The highest BCUT2D eigenvalue weighted by molar-refractivity contribution is 5.98. The van der Waals surface area contributed by atoms with Crippen molar-refractivity contribution in [3.8, 4) is 11.1 Å². The molecule has 0 unspecified atom stereocenters. The minimum atomic E-state index is -3.36. The molecule has 2 aromatic rings. The number of amides is 2. The lowest BCUT2D eigenvalue weighted by molar-refractivity contribution is -0.149. The van der Waals surface area contributed by atoms with Crippen LogP contribution in [0.15, 0.2) is 48.5 Å². The fraction of sp³-hybridized carbons (Fsp3) is 0.211. The van der Waals surface area contributed by atoms with Crippen molar-refractivity contribution in [1.82, 2.24) is 10.8 Å². The van der Waals surface area contributed by atoms with Gasteiger partial charge in [0.25, 0.3) is 18.2 Å². The minimum Gasteiger partial charge on any atom is -0.412 e. The second-order valence-corrected chi connectivity index (χ2v) is 6.48. The molecule has 11 heteroatoms. The first-order valence-electron chi connectivity index (χ1n) is 8.38. The monoisotopic (exact) mass is 424 g/mol.